The number of carbonyl (C=O) groups excluding carboxylic acids is 1. The summed E-state index contributed by atoms with van der Waals surface area (Å²) in [5.74, 6) is 0. The number of hydrogen-bond acceptors (Lipinski definition) is 3. The Bertz CT molecular complexity index is 350. The van der Waals surface area contributed by atoms with E-state index in [4.69, 9.17) is 4.74 Å². The van der Waals surface area contributed by atoms with E-state index in [0.717, 1.165) is 5.69 Å². The first-order valence-corrected chi connectivity index (χ1v) is 5.88. The summed E-state index contributed by atoms with van der Waals surface area (Å²) in [7, 11) is 0. The van der Waals surface area contributed by atoms with Crippen LogP contribution in [0.15, 0.2) is 24.4 Å². The van der Waals surface area contributed by atoms with Gasteiger partial charge in [-0.05, 0) is 39.8 Å². The second-order valence-corrected chi connectivity index (χ2v) is 4.48. The zero-order chi connectivity index (χ0) is 12.8. The number of nitrogens with zero attached hydrogens (tertiary/aromatic N) is 2. The summed E-state index contributed by atoms with van der Waals surface area (Å²) in [6.45, 7) is 8.09. The first-order chi connectivity index (χ1) is 8.00. The van der Waals surface area contributed by atoms with E-state index in [2.05, 4.69) is 4.98 Å². The molecule has 1 aromatic heterocycles. The molecule has 0 aliphatic heterocycles. The van der Waals surface area contributed by atoms with Crippen LogP contribution in [0.1, 0.15) is 33.4 Å². The first-order valence-electron chi connectivity index (χ1n) is 5.88. The standard InChI is InChI=1S/C13H20N2O2/c1-10(2)15(13(16)17-11(3)4)9-12-7-5-6-8-14-12/h5-8,10-11H,9H2,1-4H3. The van der Waals surface area contributed by atoms with E-state index >= 15 is 0 Å². The van der Waals surface area contributed by atoms with Gasteiger partial charge in [-0.25, -0.2) is 4.79 Å². The lowest BCUT2D eigenvalue weighted by molar-refractivity contribution is 0.0648. The summed E-state index contributed by atoms with van der Waals surface area (Å²) in [5.41, 5.74) is 0.863. The average Bonchev–Trinajstić information content (AvgIpc) is 2.25. The van der Waals surface area contributed by atoms with Crippen LogP contribution in [0.3, 0.4) is 0 Å². The molecule has 0 spiro atoms. The van der Waals surface area contributed by atoms with Crippen molar-refractivity contribution in [1.29, 1.82) is 0 Å². The maximum Gasteiger partial charge on any atom is 0.410 e. The molecule has 1 aromatic rings. The molecule has 0 radical (unpaired) electrons. The molecular weight excluding hydrogens is 216 g/mol. The minimum Gasteiger partial charge on any atom is -0.447 e. The van der Waals surface area contributed by atoms with Crippen molar-refractivity contribution >= 4 is 6.09 Å². The predicted molar refractivity (Wildman–Crippen MR) is 66.5 cm³/mol. The molecule has 17 heavy (non-hydrogen) atoms. The molecule has 0 aliphatic rings. The highest BCUT2D eigenvalue weighted by Gasteiger charge is 2.20. The van der Waals surface area contributed by atoms with Crippen LogP contribution in [0, 0.1) is 0 Å². The highest BCUT2D eigenvalue weighted by atomic mass is 16.6. The Morgan fingerprint density at radius 1 is 1.35 bits per heavy atom. The number of hydrogen-bond donors (Lipinski definition) is 0. The molecule has 0 saturated carbocycles. The van der Waals surface area contributed by atoms with Crippen molar-refractivity contribution in [2.24, 2.45) is 0 Å². The first kappa shape index (κ1) is 13.5. The molecule has 1 amide bonds. The van der Waals surface area contributed by atoms with Crippen LogP contribution >= 0.6 is 0 Å². The maximum atomic E-state index is 11.9. The van der Waals surface area contributed by atoms with Crippen LogP contribution in [0.2, 0.25) is 0 Å². The lowest BCUT2D eigenvalue weighted by Gasteiger charge is -2.26. The third-order valence-corrected chi connectivity index (χ3v) is 2.25. The predicted octanol–water partition coefficient (Wildman–Crippen LogP) is 2.84. The normalized spacial score (nSPS) is 10.7. The highest BCUT2D eigenvalue weighted by molar-refractivity contribution is 5.68. The van der Waals surface area contributed by atoms with Crippen LogP contribution in [-0.4, -0.2) is 28.1 Å². The van der Waals surface area contributed by atoms with Gasteiger partial charge in [-0.1, -0.05) is 6.07 Å². The average molecular weight is 236 g/mol. The summed E-state index contributed by atoms with van der Waals surface area (Å²) in [5, 5.41) is 0. The molecule has 1 rings (SSSR count). The summed E-state index contributed by atoms with van der Waals surface area (Å²) in [6.07, 6.45) is 1.33. The zero-order valence-corrected chi connectivity index (χ0v) is 10.9. The van der Waals surface area contributed by atoms with Crippen LogP contribution in [0.4, 0.5) is 4.79 Å². The van der Waals surface area contributed by atoms with Gasteiger partial charge in [0.2, 0.25) is 0 Å². The molecule has 0 N–H and O–H groups in total. The van der Waals surface area contributed by atoms with E-state index < -0.39 is 0 Å². The van der Waals surface area contributed by atoms with Gasteiger partial charge in [-0.15, -0.1) is 0 Å². The minimum atomic E-state index is -0.291. The van der Waals surface area contributed by atoms with E-state index in [-0.39, 0.29) is 18.2 Å². The van der Waals surface area contributed by atoms with Crippen LogP contribution in [-0.2, 0) is 11.3 Å². The summed E-state index contributed by atoms with van der Waals surface area (Å²) >= 11 is 0. The summed E-state index contributed by atoms with van der Waals surface area (Å²) in [6, 6.07) is 5.76. The second kappa shape index (κ2) is 6.23. The van der Waals surface area contributed by atoms with Crippen molar-refractivity contribution in [1.82, 2.24) is 9.88 Å². The van der Waals surface area contributed by atoms with Gasteiger partial charge in [0, 0.05) is 12.2 Å². The monoisotopic (exact) mass is 236 g/mol. The number of carbonyl (C=O) groups is 1. The fraction of sp³-hybridized carbons (Fsp3) is 0.538. The van der Waals surface area contributed by atoms with Crippen molar-refractivity contribution in [3.8, 4) is 0 Å². The van der Waals surface area contributed by atoms with E-state index in [1.165, 1.54) is 0 Å². The Kier molecular flexibility index (Phi) is 4.94. The van der Waals surface area contributed by atoms with Crippen LogP contribution in [0.25, 0.3) is 0 Å². The fourth-order valence-electron chi connectivity index (χ4n) is 1.39. The Morgan fingerprint density at radius 2 is 2.06 bits per heavy atom. The highest BCUT2D eigenvalue weighted by Crippen LogP contribution is 2.09. The van der Waals surface area contributed by atoms with Crippen LogP contribution in [0.5, 0.6) is 0 Å². The molecular formula is C13H20N2O2. The third-order valence-electron chi connectivity index (χ3n) is 2.25. The number of aromatic nitrogens is 1. The molecule has 0 atom stereocenters. The summed E-state index contributed by atoms with van der Waals surface area (Å²) in [4.78, 5) is 17.8. The molecule has 0 bridgehead atoms. The molecule has 94 valence electrons. The molecule has 0 aromatic carbocycles. The minimum absolute atomic E-state index is 0.0863. The molecule has 0 unspecified atom stereocenters. The van der Waals surface area contributed by atoms with Gasteiger partial charge in [0.1, 0.15) is 0 Å². The van der Waals surface area contributed by atoms with Gasteiger partial charge in [-0.3, -0.25) is 9.88 Å². The maximum absolute atomic E-state index is 11.9. The third kappa shape index (κ3) is 4.43. The van der Waals surface area contributed by atoms with Crippen molar-refractivity contribution in [3.63, 3.8) is 0 Å². The quantitative estimate of drug-likeness (QED) is 0.807. The molecule has 4 heteroatoms. The van der Waals surface area contributed by atoms with Gasteiger partial charge in [-0.2, -0.15) is 0 Å². The van der Waals surface area contributed by atoms with Crippen LogP contribution < -0.4 is 0 Å². The van der Waals surface area contributed by atoms with E-state index in [9.17, 15) is 4.79 Å². The van der Waals surface area contributed by atoms with Crippen molar-refractivity contribution in [3.05, 3.63) is 30.1 Å². The van der Waals surface area contributed by atoms with Gasteiger partial charge < -0.3 is 4.74 Å². The topological polar surface area (TPSA) is 42.4 Å². The molecule has 0 aliphatic carbocycles. The second-order valence-electron chi connectivity index (χ2n) is 4.48. The van der Waals surface area contributed by atoms with Crippen molar-refractivity contribution in [2.45, 2.75) is 46.4 Å². The van der Waals surface area contributed by atoms with Gasteiger partial charge in [0.15, 0.2) is 0 Å². The van der Waals surface area contributed by atoms with Gasteiger partial charge in [0.25, 0.3) is 0 Å². The Hall–Kier alpha value is -1.58. The van der Waals surface area contributed by atoms with Crippen molar-refractivity contribution < 1.29 is 9.53 Å². The Labute approximate surface area is 103 Å². The van der Waals surface area contributed by atoms with Crippen molar-refractivity contribution in [2.75, 3.05) is 0 Å². The number of amides is 1. The molecule has 0 saturated heterocycles. The van der Waals surface area contributed by atoms with E-state index in [0.29, 0.717) is 6.54 Å². The summed E-state index contributed by atoms with van der Waals surface area (Å²) < 4.78 is 5.21. The molecule has 4 nitrogen and oxygen atoms in total. The molecule has 0 fully saturated rings. The number of pyridine rings is 1. The lowest BCUT2D eigenvalue weighted by Crippen LogP contribution is -2.38. The lowest BCUT2D eigenvalue weighted by atomic mass is 10.3. The smallest absolute Gasteiger partial charge is 0.410 e. The Morgan fingerprint density at radius 3 is 2.53 bits per heavy atom. The SMILES string of the molecule is CC(C)OC(=O)N(Cc1ccccn1)C(C)C. The largest absolute Gasteiger partial charge is 0.447 e. The Balaban J connectivity index is 2.70. The van der Waals surface area contributed by atoms with E-state index in [1.807, 2.05) is 45.9 Å². The van der Waals surface area contributed by atoms with E-state index in [1.54, 1.807) is 11.1 Å². The fourth-order valence-corrected chi connectivity index (χ4v) is 1.39. The number of ether oxygens (including phenoxy) is 1. The van der Waals surface area contributed by atoms with Gasteiger partial charge in [0.05, 0.1) is 18.3 Å². The number of rotatable bonds is 4. The molecule has 1 heterocycles. The zero-order valence-electron chi connectivity index (χ0n) is 10.9. The van der Waals surface area contributed by atoms with Gasteiger partial charge >= 0.3 is 6.09 Å².